The van der Waals surface area contributed by atoms with E-state index in [4.69, 9.17) is 14.2 Å². The molecule has 192 valence electrons. The van der Waals surface area contributed by atoms with Gasteiger partial charge in [-0.3, -0.25) is 0 Å². The van der Waals surface area contributed by atoms with E-state index in [1.54, 1.807) is 0 Å². The summed E-state index contributed by atoms with van der Waals surface area (Å²) < 4.78 is 16.7. The first-order valence-corrected chi connectivity index (χ1v) is 12.6. The highest BCUT2D eigenvalue weighted by Crippen LogP contribution is 2.62. The molecule has 2 aliphatic carbocycles. The number of carbonyl (C=O) groups excluding carboxylic acids is 1. The van der Waals surface area contributed by atoms with Crippen LogP contribution in [0.5, 0.6) is 0 Å². The van der Waals surface area contributed by atoms with Gasteiger partial charge in [-0.1, -0.05) is 32.4 Å². The second-order valence-corrected chi connectivity index (χ2v) is 11.2. The van der Waals surface area contributed by atoms with Crippen molar-refractivity contribution in [3.05, 3.63) is 23.8 Å². The van der Waals surface area contributed by atoms with E-state index in [9.17, 15) is 25.2 Å². The molecule has 0 amide bonds. The van der Waals surface area contributed by atoms with E-state index < -0.39 is 37.3 Å². The van der Waals surface area contributed by atoms with Gasteiger partial charge >= 0.3 is 5.97 Å². The molecule has 9 atom stereocenters. The average Bonchev–Trinajstić information content (AvgIpc) is 3.21. The minimum Gasteiger partial charge on any atom is -0.458 e. The van der Waals surface area contributed by atoms with Gasteiger partial charge in [0.2, 0.25) is 0 Å². The summed E-state index contributed by atoms with van der Waals surface area (Å²) in [4.78, 5) is 11.9. The minimum atomic E-state index is -1.45. The molecule has 34 heavy (non-hydrogen) atoms. The number of aliphatic hydroxyl groups excluding tert-OH is 4. The molecule has 8 nitrogen and oxygen atoms in total. The second-order valence-electron chi connectivity index (χ2n) is 11.2. The number of fused-ring (bicyclic) bond motifs is 1. The zero-order valence-corrected chi connectivity index (χ0v) is 20.3. The smallest absolute Gasteiger partial charge is 0.334 e. The molecule has 3 fully saturated rings. The lowest BCUT2D eigenvalue weighted by molar-refractivity contribution is -0.309. The molecule has 4 aliphatic rings. The van der Waals surface area contributed by atoms with Crippen molar-refractivity contribution < 1.29 is 39.4 Å². The van der Waals surface area contributed by atoms with Gasteiger partial charge < -0.3 is 34.6 Å². The van der Waals surface area contributed by atoms with Crippen molar-refractivity contribution in [1.29, 1.82) is 0 Å². The molecule has 2 heterocycles. The van der Waals surface area contributed by atoms with Crippen LogP contribution in [0.15, 0.2) is 23.8 Å². The predicted octanol–water partition coefficient (Wildman–Crippen LogP) is 1.85. The molecule has 4 N–H and O–H groups in total. The number of cyclic esters (lactones) is 1. The summed E-state index contributed by atoms with van der Waals surface area (Å²) in [5.74, 6) is 0.454. The van der Waals surface area contributed by atoms with Crippen molar-refractivity contribution in [3.63, 3.8) is 0 Å². The first-order valence-electron chi connectivity index (χ1n) is 12.6. The number of hydrogen-bond donors (Lipinski definition) is 4. The van der Waals surface area contributed by atoms with E-state index >= 15 is 0 Å². The Kier molecular flexibility index (Phi) is 7.58. The Bertz CT molecular complexity index is 809. The van der Waals surface area contributed by atoms with Gasteiger partial charge in [-0.25, -0.2) is 4.79 Å². The van der Waals surface area contributed by atoms with E-state index in [0.717, 1.165) is 44.1 Å². The molecule has 0 radical (unpaired) electrons. The molecule has 8 heteroatoms. The molecule has 2 aliphatic heterocycles. The fraction of sp³-hybridized carbons (Fsp3) is 0.808. The second kappa shape index (κ2) is 9.99. The first-order chi connectivity index (χ1) is 16.1. The van der Waals surface area contributed by atoms with Crippen LogP contribution in [0.4, 0.5) is 0 Å². The SMILES string of the molecule is C=C1CC[C@@H]2[C@](C)(CO[C@H]3O[C@H](CO)[C@@H](O)[C@@H](O)[C@H]3O)CCC[C@@]2(C)[C@@H]1CCC1=CCOC1=O. The van der Waals surface area contributed by atoms with Crippen molar-refractivity contribution >= 4 is 5.97 Å². The minimum absolute atomic E-state index is 0.0180. The van der Waals surface area contributed by atoms with Gasteiger partial charge in [-0.05, 0) is 67.3 Å². The maximum Gasteiger partial charge on any atom is 0.334 e. The molecular weight excluding hydrogens is 440 g/mol. The zero-order valence-electron chi connectivity index (χ0n) is 20.3. The standard InChI is InChI=1S/C26H40O8/c1-15-5-8-19-25(2,14-33-24-22(30)21(29)20(28)18(13-27)34-24)10-4-11-26(19,3)17(15)7-6-16-9-12-32-23(16)31/h9,17-22,24,27-30H,1,4-8,10-14H2,2-3H3/t17-,18-,19-,20-,21-,22-,24+,25+,26+/m1/s1. The Balaban J connectivity index is 1.46. The lowest BCUT2D eigenvalue weighted by Gasteiger charge is -2.59. The molecule has 0 bridgehead atoms. The molecule has 0 aromatic heterocycles. The third-order valence-electron chi connectivity index (χ3n) is 9.08. The van der Waals surface area contributed by atoms with Crippen LogP contribution in [0.3, 0.4) is 0 Å². The number of carbonyl (C=O) groups is 1. The van der Waals surface area contributed by atoms with E-state index in [0.29, 0.717) is 31.5 Å². The molecule has 1 saturated heterocycles. The Morgan fingerprint density at radius 1 is 1.18 bits per heavy atom. The van der Waals surface area contributed by atoms with Crippen molar-refractivity contribution in [3.8, 4) is 0 Å². The number of aliphatic hydroxyl groups is 4. The van der Waals surface area contributed by atoms with Crippen molar-refractivity contribution in [2.45, 2.75) is 89.5 Å². The third-order valence-corrected chi connectivity index (χ3v) is 9.08. The highest BCUT2D eigenvalue weighted by molar-refractivity contribution is 5.90. The van der Waals surface area contributed by atoms with E-state index in [1.807, 2.05) is 6.08 Å². The molecular formula is C26H40O8. The Morgan fingerprint density at radius 3 is 2.62 bits per heavy atom. The topological polar surface area (TPSA) is 126 Å². The van der Waals surface area contributed by atoms with Gasteiger partial charge in [-0.15, -0.1) is 0 Å². The van der Waals surface area contributed by atoms with Crippen molar-refractivity contribution in [2.24, 2.45) is 22.7 Å². The van der Waals surface area contributed by atoms with E-state index in [-0.39, 0.29) is 16.8 Å². The quantitative estimate of drug-likeness (QED) is 0.321. The Labute approximate surface area is 201 Å². The summed E-state index contributed by atoms with van der Waals surface area (Å²) in [5, 5.41) is 40.0. The zero-order chi connectivity index (χ0) is 24.7. The average molecular weight is 481 g/mol. The predicted molar refractivity (Wildman–Crippen MR) is 123 cm³/mol. The molecule has 2 saturated carbocycles. The molecule has 0 aromatic carbocycles. The van der Waals surface area contributed by atoms with E-state index in [1.165, 1.54) is 5.57 Å². The number of esters is 1. The Hall–Kier alpha value is -1.29. The number of allylic oxidation sites excluding steroid dienone is 1. The van der Waals surface area contributed by atoms with Gasteiger partial charge in [0.1, 0.15) is 31.0 Å². The van der Waals surface area contributed by atoms with Crippen LogP contribution in [0.25, 0.3) is 0 Å². The molecule has 0 aromatic rings. The summed E-state index contributed by atoms with van der Waals surface area (Å²) in [6.07, 6.45) is 2.15. The number of ether oxygens (including phenoxy) is 3. The molecule has 0 unspecified atom stereocenters. The summed E-state index contributed by atoms with van der Waals surface area (Å²) in [7, 11) is 0. The van der Waals surface area contributed by atoms with Gasteiger partial charge in [0.25, 0.3) is 0 Å². The summed E-state index contributed by atoms with van der Waals surface area (Å²) in [6, 6.07) is 0. The van der Waals surface area contributed by atoms with E-state index in [2.05, 4.69) is 20.4 Å². The van der Waals surface area contributed by atoms with Crippen LogP contribution >= 0.6 is 0 Å². The molecule has 4 rings (SSSR count). The number of hydrogen-bond acceptors (Lipinski definition) is 8. The fourth-order valence-corrected chi connectivity index (χ4v) is 7.17. The van der Waals surface area contributed by atoms with Crippen LogP contribution < -0.4 is 0 Å². The van der Waals surface area contributed by atoms with Crippen LogP contribution in [0.2, 0.25) is 0 Å². The summed E-state index contributed by atoms with van der Waals surface area (Å²) in [5.41, 5.74) is 1.87. The monoisotopic (exact) mass is 480 g/mol. The van der Waals surface area contributed by atoms with Crippen LogP contribution in [0, 0.1) is 22.7 Å². The summed E-state index contributed by atoms with van der Waals surface area (Å²) in [6.45, 7) is 9.21. The maximum absolute atomic E-state index is 11.9. The fourth-order valence-electron chi connectivity index (χ4n) is 7.17. The lowest BCUT2D eigenvalue weighted by atomic mass is 9.47. The Morgan fingerprint density at radius 2 is 1.94 bits per heavy atom. The third kappa shape index (κ3) is 4.61. The van der Waals surface area contributed by atoms with Crippen LogP contribution in [0.1, 0.15) is 58.8 Å². The van der Waals surface area contributed by atoms with Crippen LogP contribution in [-0.2, 0) is 19.0 Å². The lowest BCUT2D eigenvalue weighted by Crippen LogP contribution is -2.60. The van der Waals surface area contributed by atoms with Crippen molar-refractivity contribution in [2.75, 3.05) is 19.8 Å². The van der Waals surface area contributed by atoms with Gasteiger partial charge in [-0.2, -0.15) is 0 Å². The highest BCUT2D eigenvalue weighted by atomic mass is 16.7. The maximum atomic E-state index is 11.9. The van der Waals surface area contributed by atoms with Crippen molar-refractivity contribution in [1.82, 2.24) is 0 Å². The number of rotatable bonds is 7. The first kappa shape index (κ1) is 25.8. The van der Waals surface area contributed by atoms with Crippen LogP contribution in [-0.4, -0.2) is 76.9 Å². The van der Waals surface area contributed by atoms with Gasteiger partial charge in [0, 0.05) is 5.57 Å². The summed E-state index contributed by atoms with van der Waals surface area (Å²) >= 11 is 0. The largest absolute Gasteiger partial charge is 0.458 e. The van der Waals surface area contributed by atoms with Gasteiger partial charge in [0.15, 0.2) is 6.29 Å². The highest BCUT2D eigenvalue weighted by Gasteiger charge is 2.55. The normalized spacial score (nSPS) is 45.0. The molecule has 0 spiro atoms. The van der Waals surface area contributed by atoms with Gasteiger partial charge in [0.05, 0.1) is 13.2 Å².